The van der Waals surface area contributed by atoms with Crippen molar-refractivity contribution >= 4 is 23.3 Å². The van der Waals surface area contributed by atoms with E-state index in [1.807, 2.05) is 0 Å². The van der Waals surface area contributed by atoms with Crippen LogP contribution in [0.25, 0.3) is 5.95 Å². The predicted molar refractivity (Wildman–Crippen MR) is 98.1 cm³/mol. The molecule has 3 aromatic rings. The Bertz CT molecular complexity index is 1070. The third-order valence-corrected chi connectivity index (χ3v) is 4.52. The molecule has 1 aromatic carbocycles. The number of halogens is 1. The largest absolute Gasteiger partial charge is 0.306 e. The lowest BCUT2D eigenvalue weighted by molar-refractivity contribution is 0.102. The minimum atomic E-state index is -0.322. The number of carbonyl (C=O) groups excluding carboxylic acids is 1. The van der Waals surface area contributed by atoms with Gasteiger partial charge in [0.05, 0.1) is 11.4 Å². The van der Waals surface area contributed by atoms with Crippen molar-refractivity contribution in [2.45, 2.75) is 26.2 Å². The standard InChI is InChI=1S/C18H16ClN5O2/c1-10-8-15(21-16(25)11-4-2-5-12(19)9-11)24(23-10)18-20-14-7-3-6-13(14)17(26)22-18/h2,4-5,8-9H,3,6-7H2,1H3,(H,21,25)(H,20,22,26). The highest BCUT2D eigenvalue weighted by Crippen LogP contribution is 2.20. The number of anilines is 1. The van der Waals surface area contributed by atoms with Gasteiger partial charge in [-0.3, -0.25) is 14.6 Å². The number of benzene rings is 1. The Morgan fingerprint density at radius 2 is 2.15 bits per heavy atom. The van der Waals surface area contributed by atoms with Crippen molar-refractivity contribution in [1.29, 1.82) is 0 Å². The van der Waals surface area contributed by atoms with Crippen molar-refractivity contribution in [2.24, 2.45) is 0 Å². The summed E-state index contributed by atoms with van der Waals surface area (Å²) in [5.41, 5.74) is 2.50. The minimum absolute atomic E-state index is 0.150. The van der Waals surface area contributed by atoms with Gasteiger partial charge in [0, 0.05) is 22.2 Å². The molecule has 2 N–H and O–H groups in total. The maximum atomic E-state index is 12.5. The fraction of sp³-hybridized carbons (Fsp3) is 0.222. The summed E-state index contributed by atoms with van der Waals surface area (Å²) in [5, 5.41) is 7.64. The molecule has 26 heavy (non-hydrogen) atoms. The van der Waals surface area contributed by atoms with Gasteiger partial charge in [0.1, 0.15) is 5.82 Å². The molecule has 0 atom stereocenters. The van der Waals surface area contributed by atoms with Gasteiger partial charge in [-0.15, -0.1) is 0 Å². The van der Waals surface area contributed by atoms with Crippen LogP contribution in [0.4, 0.5) is 5.82 Å². The molecular formula is C18H16ClN5O2. The van der Waals surface area contributed by atoms with Gasteiger partial charge in [-0.2, -0.15) is 9.78 Å². The van der Waals surface area contributed by atoms with E-state index in [0.717, 1.165) is 30.5 Å². The molecule has 8 heteroatoms. The second kappa shape index (κ2) is 6.42. The number of aryl methyl sites for hydroxylation is 2. The van der Waals surface area contributed by atoms with Crippen LogP contribution in [0.2, 0.25) is 5.02 Å². The zero-order valence-corrected chi connectivity index (χ0v) is 14.8. The molecule has 132 valence electrons. The molecule has 0 aliphatic heterocycles. The molecule has 4 rings (SSSR count). The number of hydrogen-bond donors (Lipinski definition) is 2. The van der Waals surface area contributed by atoms with Gasteiger partial charge in [-0.05, 0) is 44.4 Å². The van der Waals surface area contributed by atoms with E-state index < -0.39 is 0 Å². The Balaban J connectivity index is 1.71. The zero-order valence-electron chi connectivity index (χ0n) is 14.0. The number of aromatic nitrogens is 4. The Labute approximate surface area is 154 Å². The Morgan fingerprint density at radius 3 is 2.96 bits per heavy atom. The van der Waals surface area contributed by atoms with E-state index >= 15 is 0 Å². The maximum Gasteiger partial charge on any atom is 0.256 e. The minimum Gasteiger partial charge on any atom is -0.306 e. The Hall–Kier alpha value is -2.93. The van der Waals surface area contributed by atoms with E-state index in [-0.39, 0.29) is 11.5 Å². The van der Waals surface area contributed by atoms with Crippen molar-refractivity contribution in [3.8, 4) is 5.95 Å². The van der Waals surface area contributed by atoms with Gasteiger partial charge in [0.25, 0.3) is 11.5 Å². The highest BCUT2D eigenvalue weighted by Gasteiger charge is 2.20. The normalized spacial score (nSPS) is 12.8. The lowest BCUT2D eigenvalue weighted by atomic mass is 10.2. The van der Waals surface area contributed by atoms with Crippen LogP contribution in [0.15, 0.2) is 35.1 Å². The average molecular weight is 370 g/mol. The van der Waals surface area contributed by atoms with E-state index in [1.54, 1.807) is 37.3 Å². The number of H-pyrrole nitrogens is 1. The molecule has 0 saturated carbocycles. The number of rotatable bonds is 3. The van der Waals surface area contributed by atoms with Gasteiger partial charge in [-0.1, -0.05) is 17.7 Å². The second-order valence-corrected chi connectivity index (χ2v) is 6.65. The molecule has 0 unspecified atom stereocenters. The van der Waals surface area contributed by atoms with Crippen LogP contribution in [0.5, 0.6) is 0 Å². The van der Waals surface area contributed by atoms with Crippen molar-refractivity contribution < 1.29 is 4.79 Å². The molecule has 0 radical (unpaired) electrons. The third-order valence-electron chi connectivity index (χ3n) is 4.29. The quantitative estimate of drug-likeness (QED) is 0.742. The fourth-order valence-corrected chi connectivity index (χ4v) is 3.29. The lowest BCUT2D eigenvalue weighted by Gasteiger charge is -2.09. The summed E-state index contributed by atoms with van der Waals surface area (Å²) in [6, 6.07) is 8.38. The van der Waals surface area contributed by atoms with Gasteiger partial charge < -0.3 is 5.32 Å². The SMILES string of the molecule is Cc1cc(NC(=O)c2cccc(Cl)c2)n(-c2nc3c(c(=O)[nH]2)CCC3)n1. The average Bonchev–Trinajstić information content (AvgIpc) is 3.21. The number of nitrogens with zero attached hydrogens (tertiary/aromatic N) is 3. The molecule has 2 heterocycles. The van der Waals surface area contributed by atoms with Crippen LogP contribution in [0, 0.1) is 6.92 Å². The maximum absolute atomic E-state index is 12.5. The summed E-state index contributed by atoms with van der Waals surface area (Å²) in [4.78, 5) is 32.1. The highest BCUT2D eigenvalue weighted by molar-refractivity contribution is 6.31. The molecule has 1 aliphatic carbocycles. The first-order chi connectivity index (χ1) is 12.5. The number of nitrogens with one attached hydrogen (secondary N) is 2. The van der Waals surface area contributed by atoms with Gasteiger partial charge in [-0.25, -0.2) is 4.98 Å². The first kappa shape index (κ1) is 16.5. The molecule has 2 aromatic heterocycles. The molecule has 1 aliphatic rings. The molecule has 0 fully saturated rings. The van der Waals surface area contributed by atoms with Crippen molar-refractivity contribution in [1.82, 2.24) is 19.7 Å². The summed E-state index contributed by atoms with van der Waals surface area (Å²) in [6.45, 7) is 1.80. The smallest absolute Gasteiger partial charge is 0.256 e. The van der Waals surface area contributed by atoms with E-state index in [2.05, 4.69) is 20.4 Å². The van der Waals surface area contributed by atoms with Gasteiger partial charge in [0.15, 0.2) is 0 Å². The molecule has 0 bridgehead atoms. The first-order valence-corrected chi connectivity index (χ1v) is 8.65. The monoisotopic (exact) mass is 369 g/mol. The summed E-state index contributed by atoms with van der Waals surface area (Å²) < 4.78 is 1.44. The number of amides is 1. The number of hydrogen-bond acceptors (Lipinski definition) is 4. The van der Waals surface area contributed by atoms with E-state index in [9.17, 15) is 9.59 Å². The first-order valence-electron chi connectivity index (χ1n) is 8.27. The third kappa shape index (κ3) is 3.01. The predicted octanol–water partition coefficient (Wildman–Crippen LogP) is 2.66. The lowest BCUT2D eigenvalue weighted by Crippen LogP contribution is -2.21. The Kier molecular flexibility index (Phi) is 4.08. The van der Waals surface area contributed by atoms with E-state index in [0.29, 0.717) is 28.0 Å². The topological polar surface area (TPSA) is 92.7 Å². The second-order valence-electron chi connectivity index (χ2n) is 6.22. The fourth-order valence-electron chi connectivity index (χ4n) is 3.10. The summed E-state index contributed by atoms with van der Waals surface area (Å²) in [6.07, 6.45) is 2.44. The Morgan fingerprint density at radius 1 is 1.31 bits per heavy atom. The van der Waals surface area contributed by atoms with Crippen LogP contribution < -0.4 is 10.9 Å². The molecule has 1 amide bonds. The molecular weight excluding hydrogens is 354 g/mol. The zero-order chi connectivity index (χ0) is 18.3. The summed E-state index contributed by atoms with van der Waals surface area (Å²) in [7, 11) is 0. The number of aromatic amines is 1. The number of carbonyl (C=O) groups is 1. The van der Waals surface area contributed by atoms with E-state index in [1.165, 1.54) is 4.68 Å². The summed E-state index contributed by atoms with van der Waals surface area (Å²) in [5.74, 6) is 0.399. The van der Waals surface area contributed by atoms with Crippen molar-refractivity contribution in [2.75, 3.05) is 5.32 Å². The molecule has 0 saturated heterocycles. The van der Waals surface area contributed by atoms with Crippen molar-refractivity contribution in [3.05, 3.63) is 68.2 Å². The van der Waals surface area contributed by atoms with Gasteiger partial charge >= 0.3 is 0 Å². The van der Waals surface area contributed by atoms with Crippen LogP contribution in [0.1, 0.15) is 33.7 Å². The summed E-state index contributed by atoms with van der Waals surface area (Å²) >= 11 is 5.95. The van der Waals surface area contributed by atoms with Crippen LogP contribution in [0.3, 0.4) is 0 Å². The molecule has 7 nitrogen and oxygen atoms in total. The van der Waals surface area contributed by atoms with E-state index in [4.69, 9.17) is 11.6 Å². The van der Waals surface area contributed by atoms with Gasteiger partial charge in [0.2, 0.25) is 5.95 Å². The van der Waals surface area contributed by atoms with Crippen LogP contribution in [-0.4, -0.2) is 25.7 Å². The van der Waals surface area contributed by atoms with Crippen LogP contribution in [-0.2, 0) is 12.8 Å². The number of fused-ring (bicyclic) bond motifs is 1. The highest BCUT2D eigenvalue weighted by atomic mass is 35.5. The van der Waals surface area contributed by atoms with Crippen LogP contribution >= 0.6 is 11.6 Å². The van der Waals surface area contributed by atoms with Crippen molar-refractivity contribution in [3.63, 3.8) is 0 Å². The molecule has 0 spiro atoms.